The van der Waals surface area contributed by atoms with E-state index in [9.17, 15) is 22.8 Å². The van der Waals surface area contributed by atoms with Crippen LogP contribution < -0.4 is 0 Å². The molecular formula is C27H41F3O3. The number of Topliss-reactive ketones (excluding diaryl/α,β-unsaturated/α-hetero) is 1. The molecular weight excluding hydrogens is 429 g/mol. The highest BCUT2D eigenvalue weighted by Crippen LogP contribution is 2.10. The van der Waals surface area contributed by atoms with Crippen molar-refractivity contribution in [3.05, 3.63) is 79.2 Å². The summed E-state index contributed by atoms with van der Waals surface area (Å²) in [7, 11) is 0. The quantitative estimate of drug-likeness (QED) is 0.327. The van der Waals surface area contributed by atoms with Crippen molar-refractivity contribution in [2.45, 2.75) is 67.4 Å². The predicted molar refractivity (Wildman–Crippen MR) is 135 cm³/mol. The number of ether oxygens (including phenoxy) is 1. The predicted octanol–water partition coefficient (Wildman–Crippen LogP) is 8.54. The van der Waals surface area contributed by atoms with Gasteiger partial charge in [-0.05, 0) is 51.3 Å². The maximum absolute atomic E-state index is 11.0. The Bertz CT molecular complexity index is 662. The van der Waals surface area contributed by atoms with Crippen LogP contribution in [0.15, 0.2) is 73.6 Å². The Morgan fingerprint density at radius 3 is 1.42 bits per heavy atom. The molecule has 0 radical (unpaired) electrons. The molecule has 188 valence electrons. The third kappa shape index (κ3) is 43.9. The number of hydrogen-bond donors (Lipinski definition) is 0. The lowest BCUT2D eigenvalue weighted by atomic mass is 10.2. The van der Waals surface area contributed by atoms with Crippen molar-refractivity contribution >= 4 is 17.6 Å². The molecule has 1 aromatic rings. The van der Waals surface area contributed by atoms with Crippen molar-refractivity contribution < 1.29 is 27.5 Å². The van der Waals surface area contributed by atoms with Gasteiger partial charge in [0.05, 0.1) is 12.7 Å². The Hall–Kier alpha value is -2.73. The first kappa shape index (κ1) is 37.6. The molecule has 0 spiro atoms. The van der Waals surface area contributed by atoms with Gasteiger partial charge in [-0.15, -0.1) is 0 Å². The topological polar surface area (TPSA) is 46.7 Å². The summed E-state index contributed by atoms with van der Waals surface area (Å²) in [6.07, 6.45) is 3.95. The van der Waals surface area contributed by atoms with Crippen LogP contribution in [0, 0.1) is 0 Å². The molecule has 0 aliphatic carbocycles. The molecule has 6 heteroatoms. The third-order valence-corrected chi connectivity index (χ3v) is 3.04. The zero-order chi connectivity index (χ0) is 26.8. The molecule has 0 N–H and O–H groups in total. The van der Waals surface area contributed by atoms with E-state index >= 15 is 0 Å². The van der Waals surface area contributed by atoms with E-state index in [0.717, 1.165) is 6.61 Å². The molecule has 1 fully saturated rings. The SMILES string of the molecule is C=C(C)C(C)=O.C=CC(C)=O.C=Cc1ccccc1.CC(F)=C(F)F.CCC.CCC1CO1. The lowest BCUT2D eigenvalue weighted by Gasteiger charge is -1.85. The van der Waals surface area contributed by atoms with Crippen LogP contribution in [0.4, 0.5) is 13.2 Å². The number of ketones is 2. The van der Waals surface area contributed by atoms with Gasteiger partial charge in [0, 0.05) is 0 Å². The highest BCUT2D eigenvalue weighted by molar-refractivity contribution is 5.91. The van der Waals surface area contributed by atoms with E-state index in [0.29, 0.717) is 18.6 Å². The fourth-order valence-corrected chi connectivity index (χ4v) is 0.893. The smallest absolute Gasteiger partial charge is 0.301 e. The lowest BCUT2D eigenvalue weighted by molar-refractivity contribution is -0.114. The zero-order valence-electron chi connectivity index (χ0n) is 21.2. The molecule has 0 bridgehead atoms. The molecule has 0 aromatic heterocycles. The van der Waals surface area contributed by atoms with Gasteiger partial charge >= 0.3 is 6.08 Å². The molecule has 3 nitrogen and oxygen atoms in total. The van der Waals surface area contributed by atoms with Gasteiger partial charge in [0.2, 0.25) is 0 Å². The molecule has 1 aliphatic rings. The van der Waals surface area contributed by atoms with E-state index in [1.165, 1.54) is 38.3 Å². The first-order valence-corrected chi connectivity index (χ1v) is 10.6. The van der Waals surface area contributed by atoms with Gasteiger partial charge in [-0.3, -0.25) is 9.59 Å². The maximum atomic E-state index is 11.0. The molecule has 1 heterocycles. The van der Waals surface area contributed by atoms with Gasteiger partial charge in [-0.1, -0.05) is 83.3 Å². The number of hydrogen-bond acceptors (Lipinski definition) is 3. The molecule has 1 aromatic carbocycles. The minimum Gasteiger partial charge on any atom is -0.373 e. The highest BCUT2D eigenvalue weighted by Gasteiger charge is 2.18. The van der Waals surface area contributed by atoms with Crippen LogP contribution in [0.3, 0.4) is 0 Å². The molecule has 2 rings (SSSR count). The summed E-state index contributed by atoms with van der Waals surface area (Å²) in [6.45, 7) is 23.0. The number of epoxide rings is 1. The molecule has 1 unspecified atom stereocenters. The first-order valence-electron chi connectivity index (χ1n) is 10.6. The Balaban J connectivity index is -0.000000156. The van der Waals surface area contributed by atoms with Gasteiger partial charge in [0.1, 0.15) is 0 Å². The van der Waals surface area contributed by atoms with Gasteiger partial charge < -0.3 is 4.74 Å². The lowest BCUT2D eigenvalue weighted by Crippen LogP contribution is -1.86. The summed E-state index contributed by atoms with van der Waals surface area (Å²) < 4.78 is 37.1. The van der Waals surface area contributed by atoms with Gasteiger partial charge in [0.15, 0.2) is 17.4 Å². The molecule has 33 heavy (non-hydrogen) atoms. The zero-order valence-corrected chi connectivity index (χ0v) is 21.2. The normalized spacial score (nSPS) is 11.6. The summed E-state index contributed by atoms with van der Waals surface area (Å²) in [6, 6.07) is 10.0. The molecule has 1 atom stereocenters. The Kier molecular flexibility index (Phi) is 31.1. The van der Waals surface area contributed by atoms with Crippen LogP contribution in [-0.4, -0.2) is 24.3 Å². The minimum atomic E-state index is -2.24. The van der Waals surface area contributed by atoms with Crippen molar-refractivity contribution in [1.82, 2.24) is 0 Å². The number of allylic oxidation sites excluding steroid dienone is 3. The Morgan fingerprint density at radius 2 is 1.33 bits per heavy atom. The Morgan fingerprint density at radius 1 is 1.00 bits per heavy atom. The van der Waals surface area contributed by atoms with Crippen molar-refractivity contribution in [3.8, 4) is 0 Å². The number of halogens is 3. The van der Waals surface area contributed by atoms with Gasteiger partial charge in [-0.25, -0.2) is 4.39 Å². The summed E-state index contributed by atoms with van der Waals surface area (Å²) in [5, 5.41) is 0. The molecule has 0 saturated carbocycles. The van der Waals surface area contributed by atoms with Gasteiger partial charge in [-0.2, -0.15) is 8.78 Å². The van der Waals surface area contributed by atoms with Crippen LogP contribution in [0.2, 0.25) is 0 Å². The summed E-state index contributed by atoms with van der Waals surface area (Å²) in [4.78, 5) is 19.7. The molecule has 1 saturated heterocycles. The summed E-state index contributed by atoms with van der Waals surface area (Å²) in [5.74, 6) is -1.32. The monoisotopic (exact) mass is 470 g/mol. The van der Waals surface area contributed by atoms with E-state index in [-0.39, 0.29) is 11.6 Å². The molecule has 0 amide bonds. The van der Waals surface area contributed by atoms with Crippen molar-refractivity contribution in [2.24, 2.45) is 0 Å². The highest BCUT2D eigenvalue weighted by atomic mass is 19.3. The van der Waals surface area contributed by atoms with Crippen LogP contribution >= 0.6 is 0 Å². The maximum Gasteiger partial charge on any atom is 0.301 e. The van der Waals surface area contributed by atoms with Crippen molar-refractivity contribution in [3.63, 3.8) is 0 Å². The first-order chi connectivity index (χ1) is 15.3. The third-order valence-electron chi connectivity index (χ3n) is 3.04. The number of rotatable bonds is 4. The largest absolute Gasteiger partial charge is 0.373 e. The number of carbonyl (C=O) groups is 2. The summed E-state index contributed by atoms with van der Waals surface area (Å²) in [5.41, 5.74) is 1.79. The Labute approximate surface area is 198 Å². The van der Waals surface area contributed by atoms with Crippen molar-refractivity contribution in [1.29, 1.82) is 0 Å². The van der Waals surface area contributed by atoms with Gasteiger partial charge in [0.25, 0.3) is 0 Å². The second kappa shape index (κ2) is 27.3. The fourth-order valence-electron chi connectivity index (χ4n) is 0.893. The fraction of sp³-hybridized carbons (Fsp3) is 0.407. The standard InChI is InChI=1S/C8H8.C5H8O.C4H8O.C4H6O.C3H3F3.C3H8/c1-2-8-6-4-3-5-7-8;1-4(2)5(3)6;1-2-4-3-5-4;1-3-4(2)5;1-2(4)3(5)6;1-3-2/h2-7H,1H2;1H2,2-3H3;4H,2-3H2,1H3;3H,1H2,2H3;1H3;3H2,1-2H3. The van der Waals surface area contributed by atoms with Crippen LogP contribution in [0.5, 0.6) is 0 Å². The van der Waals surface area contributed by atoms with E-state index in [2.05, 4.69) is 40.5 Å². The van der Waals surface area contributed by atoms with E-state index in [4.69, 9.17) is 4.74 Å². The van der Waals surface area contributed by atoms with E-state index < -0.39 is 11.9 Å². The average Bonchev–Trinajstić information content (AvgIpc) is 3.61. The average molecular weight is 471 g/mol. The van der Waals surface area contributed by atoms with E-state index in [1.54, 1.807) is 6.92 Å². The minimum absolute atomic E-state index is 0.0185. The summed E-state index contributed by atoms with van der Waals surface area (Å²) >= 11 is 0. The number of carbonyl (C=O) groups excluding carboxylic acids is 2. The molecule has 1 aliphatic heterocycles. The second-order valence-electron chi connectivity index (χ2n) is 6.63. The van der Waals surface area contributed by atoms with Crippen LogP contribution in [0.25, 0.3) is 6.08 Å². The second-order valence-corrected chi connectivity index (χ2v) is 6.63. The van der Waals surface area contributed by atoms with Crippen LogP contribution in [-0.2, 0) is 14.3 Å². The van der Waals surface area contributed by atoms with Crippen molar-refractivity contribution in [2.75, 3.05) is 6.61 Å². The number of benzene rings is 1. The van der Waals surface area contributed by atoms with E-state index in [1.807, 2.05) is 36.4 Å². The van der Waals surface area contributed by atoms with Crippen LogP contribution in [0.1, 0.15) is 66.9 Å².